The van der Waals surface area contributed by atoms with Crippen LogP contribution in [0, 0.1) is 0 Å². The molecule has 4 nitrogen and oxygen atoms in total. The second kappa shape index (κ2) is 5.49. The summed E-state index contributed by atoms with van der Waals surface area (Å²) in [6.45, 7) is 0. The summed E-state index contributed by atoms with van der Waals surface area (Å²) < 4.78 is 0. The number of aliphatic hydroxyl groups excluding tert-OH is 2. The maximum atomic E-state index is 11.2. The summed E-state index contributed by atoms with van der Waals surface area (Å²) in [6, 6.07) is 6.76. The SMILES string of the molecule is O=C(O)C1(c2ccc(C(O)C(O)CCCl)cc2)CC1. The zero-order valence-electron chi connectivity index (χ0n) is 10.4. The summed E-state index contributed by atoms with van der Waals surface area (Å²) in [5, 5.41) is 28.8. The van der Waals surface area contributed by atoms with Crippen LogP contribution in [0.1, 0.15) is 36.5 Å². The first-order valence-electron chi connectivity index (χ1n) is 6.27. The molecule has 3 N–H and O–H groups in total. The van der Waals surface area contributed by atoms with E-state index in [9.17, 15) is 20.1 Å². The predicted molar refractivity (Wildman–Crippen MR) is 71.3 cm³/mol. The molecule has 2 rings (SSSR count). The van der Waals surface area contributed by atoms with Crippen molar-refractivity contribution < 1.29 is 20.1 Å². The summed E-state index contributed by atoms with van der Waals surface area (Å²) in [7, 11) is 0. The number of hydrogen-bond donors (Lipinski definition) is 3. The van der Waals surface area contributed by atoms with Crippen molar-refractivity contribution >= 4 is 17.6 Å². The van der Waals surface area contributed by atoms with Gasteiger partial charge in [0.15, 0.2) is 0 Å². The fraction of sp³-hybridized carbons (Fsp3) is 0.500. The van der Waals surface area contributed by atoms with Crippen LogP contribution >= 0.6 is 11.6 Å². The highest BCUT2D eigenvalue weighted by molar-refractivity contribution is 6.17. The highest BCUT2D eigenvalue weighted by atomic mass is 35.5. The standard InChI is InChI=1S/C14H17ClO4/c15-8-5-11(16)12(17)9-1-3-10(4-2-9)14(6-7-14)13(18)19/h1-4,11-12,16-17H,5-8H2,(H,18,19). The molecule has 2 atom stereocenters. The largest absolute Gasteiger partial charge is 0.481 e. The lowest BCUT2D eigenvalue weighted by Crippen LogP contribution is -2.21. The van der Waals surface area contributed by atoms with Gasteiger partial charge >= 0.3 is 5.97 Å². The molecular weight excluding hydrogens is 268 g/mol. The molecule has 19 heavy (non-hydrogen) atoms. The van der Waals surface area contributed by atoms with Crippen LogP contribution in [0.2, 0.25) is 0 Å². The average molecular weight is 285 g/mol. The van der Waals surface area contributed by atoms with Crippen LogP contribution in [-0.4, -0.2) is 33.3 Å². The summed E-state index contributed by atoms with van der Waals surface area (Å²) in [5.74, 6) is -0.527. The molecule has 1 aliphatic rings. The Balaban J connectivity index is 2.13. The van der Waals surface area contributed by atoms with Crippen molar-refractivity contribution in [3.63, 3.8) is 0 Å². The number of aliphatic hydroxyl groups is 2. The molecule has 5 heteroatoms. The summed E-state index contributed by atoms with van der Waals surface area (Å²) in [6.07, 6.45) is -0.285. The van der Waals surface area contributed by atoms with Crippen LogP contribution < -0.4 is 0 Å². The molecule has 0 aliphatic heterocycles. The molecule has 0 spiro atoms. The molecule has 0 saturated heterocycles. The Kier molecular flexibility index (Phi) is 4.13. The Labute approximate surface area is 116 Å². The van der Waals surface area contributed by atoms with Crippen molar-refractivity contribution in [2.45, 2.75) is 36.9 Å². The van der Waals surface area contributed by atoms with Crippen LogP contribution in [-0.2, 0) is 10.2 Å². The molecule has 1 aliphatic carbocycles. The molecule has 1 fully saturated rings. The van der Waals surface area contributed by atoms with Crippen molar-refractivity contribution in [2.75, 3.05) is 5.88 Å². The van der Waals surface area contributed by atoms with Crippen LogP contribution in [0.3, 0.4) is 0 Å². The number of rotatable bonds is 6. The van der Waals surface area contributed by atoms with E-state index in [1.807, 2.05) is 0 Å². The maximum absolute atomic E-state index is 11.2. The Morgan fingerprint density at radius 3 is 2.26 bits per heavy atom. The number of aliphatic carboxylic acids is 1. The van der Waals surface area contributed by atoms with Crippen molar-refractivity contribution in [1.82, 2.24) is 0 Å². The Morgan fingerprint density at radius 2 is 1.84 bits per heavy atom. The number of alkyl halides is 1. The van der Waals surface area contributed by atoms with E-state index in [4.69, 9.17) is 11.6 Å². The Bertz CT molecular complexity index is 453. The van der Waals surface area contributed by atoms with Gasteiger partial charge in [0.1, 0.15) is 6.10 Å². The minimum Gasteiger partial charge on any atom is -0.481 e. The monoisotopic (exact) mass is 284 g/mol. The van der Waals surface area contributed by atoms with E-state index in [2.05, 4.69) is 0 Å². The van der Waals surface area contributed by atoms with E-state index >= 15 is 0 Å². The fourth-order valence-corrected chi connectivity index (χ4v) is 2.47. The average Bonchev–Trinajstić information content (AvgIpc) is 3.20. The van der Waals surface area contributed by atoms with Gasteiger partial charge in [-0.2, -0.15) is 0 Å². The third-order valence-corrected chi connectivity index (χ3v) is 3.95. The molecule has 0 amide bonds. The van der Waals surface area contributed by atoms with Gasteiger partial charge in [-0.05, 0) is 30.4 Å². The van der Waals surface area contributed by atoms with Crippen molar-refractivity contribution in [2.24, 2.45) is 0 Å². The van der Waals surface area contributed by atoms with E-state index < -0.39 is 23.6 Å². The lowest BCUT2D eigenvalue weighted by molar-refractivity contribution is -0.140. The zero-order chi connectivity index (χ0) is 14.0. The molecule has 104 valence electrons. The lowest BCUT2D eigenvalue weighted by Gasteiger charge is -2.18. The van der Waals surface area contributed by atoms with Crippen LogP contribution in [0.4, 0.5) is 0 Å². The number of benzene rings is 1. The fourth-order valence-electron chi connectivity index (χ4n) is 2.24. The van der Waals surface area contributed by atoms with E-state index in [1.54, 1.807) is 24.3 Å². The Morgan fingerprint density at radius 1 is 1.26 bits per heavy atom. The van der Waals surface area contributed by atoms with Crippen LogP contribution in [0.5, 0.6) is 0 Å². The Hall–Kier alpha value is -1.10. The van der Waals surface area contributed by atoms with Gasteiger partial charge in [-0.25, -0.2) is 0 Å². The topological polar surface area (TPSA) is 77.8 Å². The molecule has 1 aromatic rings. The minimum absolute atomic E-state index is 0.276. The highest BCUT2D eigenvalue weighted by Gasteiger charge is 2.51. The first kappa shape index (κ1) is 14.3. The summed E-state index contributed by atoms with van der Waals surface area (Å²) in [4.78, 5) is 11.2. The van der Waals surface area contributed by atoms with Crippen molar-refractivity contribution in [3.8, 4) is 0 Å². The molecule has 0 aromatic heterocycles. The van der Waals surface area contributed by atoms with Gasteiger partial charge in [-0.15, -0.1) is 11.6 Å². The summed E-state index contributed by atoms with van der Waals surface area (Å²) >= 11 is 5.52. The summed E-state index contributed by atoms with van der Waals surface area (Å²) in [5.41, 5.74) is 0.587. The van der Waals surface area contributed by atoms with Crippen LogP contribution in [0.25, 0.3) is 0 Å². The molecule has 2 unspecified atom stereocenters. The maximum Gasteiger partial charge on any atom is 0.314 e. The molecular formula is C14H17ClO4. The van der Waals surface area contributed by atoms with Gasteiger partial charge in [0.25, 0.3) is 0 Å². The third-order valence-electron chi connectivity index (χ3n) is 3.73. The van der Waals surface area contributed by atoms with Crippen LogP contribution in [0.15, 0.2) is 24.3 Å². The molecule has 0 bridgehead atoms. The number of carboxylic acids is 1. The van der Waals surface area contributed by atoms with Gasteiger partial charge in [-0.3, -0.25) is 4.79 Å². The van der Waals surface area contributed by atoms with Crippen molar-refractivity contribution in [3.05, 3.63) is 35.4 Å². The van der Waals surface area contributed by atoms with Gasteiger partial charge in [-0.1, -0.05) is 24.3 Å². The predicted octanol–water partition coefficient (Wildman–Crippen LogP) is 1.83. The molecule has 1 aromatic carbocycles. The second-order valence-corrected chi connectivity index (χ2v) is 5.38. The normalized spacial score (nSPS) is 19.7. The smallest absolute Gasteiger partial charge is 0.314 e. The van der Waals surface area contributed by atoms with Gasteiger partial charge in [0.05, 0.1) is 11.5 Å². The number of carbonyl (C=O) groups is 1. The van der Waals surface area contributed by atoms with Crippen molar-refractivity contribution in [1.29, 1.82) is 0 Å². The molecule has 1 saturated carbocycles. The highest BCUT2D eigenvalue weighted by Crippen LogP contribution is 2.48. The number of hydrogen-bond acceptors (Lipinski definition) is 3. The first-order valence-corrected chi connectivity index (χ1v) is 6.80. The molecule has 0 radical (unpaired) electrons. The first-order chi connectivity index (χ1) is 9.01. The zero-order valence-corrected chi connectivity index (χ0v) is 11.2. The minimum atomic E-state index is -0.993. The van der Waals surface area contributed by atoms with E-state index in [0.29, 0.717) is 24.8 Å². The van der Waals surface area contributed by atoms with Gasteiger partial charge < -0.3 is 15.3 Å². The molecule has 0 heterocycles. The van der Waals surface area contributed by atoms with E-state index in [-0.39, 0.29) is 5.88 Å². The lowest BCUT2D eigenvalue weighted by atomic mass is 9.93. The third kappa shape index (κ3) is 2.76. The second-order valence-electron chi connectivity index (χ2n) is 5.00. The number of halogens is 1. The van der Waals surface area contributed by atoms with E-state index in [1.165, 1.54) is 0 Å². The van der Waals surface area contributed by atoms with E-state index in [0.717, 1.165) is 5.56 Å². The van der Waals surface area contributed by atoms with Gasteiger partial charge in [0, 0.05) is 5.88 Å². The number of carboxylic acid groups (broad SMARTS) is 1. The quantitative estimate of drug-likeness (QED) is 0.697. The van der Waals surface area contributed by atoms with Gasteiger partial charge in [0.2, 0.25) is 0 Å².